The Labute approximate surface area is 46.9 Å². The highest BCUT2D eigenvalue weighted by Crippen LogP contribution is 2.33. The van der Waals surface area contributed by atoms with Crippen molar-refractivity contribution in [1.82, 2.24) is 0 Å². The third-order valence-corrected chi connectivity index (χ3v) is 1.31. The highest BCUT2D eigenvalue weighted by atomic mass is 19.1. The van der Waals surface area contributed by atoms with Gasteiger partial charge in [-0.3, -0.25) is 4.79 Å². The zero-order chi connectivity index (χ0) is 6.15. The minimum atomic E-state index is -1.38. The third-order valence-electron chi connectivity index (χ3n) is 1.31. The van der Waals surface area contributed by atoms with E-state index in [1.165, 1.54) is 0 Å². The summed E-state index contributed by atoms with van der Waals surface area (Å²) in [7, 11) is 0. The van der Waals surface area contributed by atoms with Crippen molar-refractivity contribution in [3.8, 4) is 0 Å². The second-order valence-corrected chi connectivity index (χ2v) is 2.14. The SMILES string of the molecule is NC(=O)C(F)C1CC1. The Kier molecular flexibility index (Phi) is 1.19. The molecule has 1 amide bonds. The number of amides is 1. The highest BCUT2D eigenvalue weighted by Gasteiger charge is 2.34. The minimum absolute atomic E-state index is 0.0486. The van der Waals surface area contributed by atoms with Crippen LogP contribution in [0.15, 0.2) is 0 Å². The van der Waals surface area contributed by atoms with Gasteiger partial charge in [0.05, 0.1) is 0 Å². The molecule has 0 radical (unpaired) electrons. The van der Waals surface area contributed by atoms with Crippen LogP contribution in [-0.4, -0.2) is 12.1 Å². The van der Waals surface area contributed by atoms with Gasteiger partial charge in [-0.05, 0) is 18.8 Å². The lowest BCUT2D eigenvalue weighted by Gasteiger charge is -1.96. The second kappa shape index (κ2) is 1.73. The van der Waals surface area contributed by atoms with Crippen LogP contribution in [0.4, 0.5) is 4.39 Å². The van der Waals surface area contributed by atoms with E-state index in [0.717, 1.165) is 12.8 Å². The van der Waals surface area contributed by atoms with Gasteiger partial charge in [0.15, 0.2) is 6.17 Å². The summed E-state index contributed by atoms with van der Waals surface area (Å²) in [5.41, 5.74) is 4.66. The maximum Gasteiger partial charge on any atom is 0.252 e. The summed E-state index contributed by atoms with van der Waals surface area (Å²) >= 11 is 0. The first-order valence-electron chi connectivity index (χ1n) is 2.65. The molecule has 0 saturated heterocycles. The molecule has 1 atom stereocenters. The standard InChI is InChI=1S/C5H8FNO/c6-4(5(7)8)3-1-2-3/h3-4H,1-2H2,(H2,7,8). The quantitative estimate of drug-likeness (QED) is 0.552. The average Bonchev–Trinajstić information content (AvgIpc) is 2.43. The molecule has 1 fully saturated rings. The van der Waals surface area contributed by atoms with Gasteiger partial charge in [-0.15, -0.1) is 0 Å². The van der Waals surface area contributed by atoms with Gasteiger partial charge < -0.3 is 5.73 Å². The molecule has 0 aromatic heterocycles. The van der Waals surface area contributed by atoms with Crippen molar-refractivity contribution in [2.24, 2.45) is 11.7 Å². The van der Waals surface area contributed by atoms with Crippen LogP contribution in [0.2, 0.25) is 0 Å². The molecule has 0 heterocycles. The van der Waals surface area contributed by atoms with Crippen LogP contribution in [0.1, 0.15) is 12.8 Å². The first kappa shape index (κ1) is 5.54. The summed E-state index contributed by atoms with van der Waals surface area (Å²) in [5.74, 6) is -0.861. The molecule has 0 spiro atoms. The molecule has 1 rings (SSSR count). The summed E-state index contributed by atoms with van der Waals surface area (Å²) < 4.78 is 12.2. The molecule has 1 saturated carbocycles. The van der Waals surface area contributed by atoms with Crippen LogP contribution < -0.4 is 5.73 Å². The van der Waals surface area contributed by atoms with Crippen LogP contribution in [-0.2, 0) is 4.79 Å². The summed E-state index contributed by atoms with van der Waals surface area (Å²) in [6.07, 6.45) is 0.267. The maximum atomic E-state index is 12.2. The van der Waals surface area contributed by atoms with Crippen LogP contribution in [0.3, 0.4) is 0 Å². The lowest BCUT2D eigenvalue weighted by atomic mass is 10.2. The average molecular weight is 117 g/mol. The third kappa shape index (κ3) is 0.967. The Balaban J connectivity index is 2.32. The van der Waals surface area contributed by atoms with Crippen molar-refractivity contribution < 1.29 is 9.18 Å². The van der Waals surface area contributed by atoms with E-state index in [4.69, 9.17) is 0 Å². The summed E-state index contributed by atoms with van der Waals surface area (Å²) in [6.45, 7) is 0. The summed E-state index contributed by atoms with van der Waals surface area (Å²) in [6, 6.07) is 0. The topological polar surface area (TPSA) is 43.1 Å². The van der Waals surface area contributed by atoms with Crippen molar-refractivity contribution in [1.29, 1.82) is 0 Å². The Bertz CT molecular complexity index is 111. The van der Waals surface area contributed by atoms with E-state index in [9.17, 15) is 9.18 Å². The fourth-order valence-electron chi connectivity index (χ4n) is 0.621. The smallest absolute Gasteiger partial charge is 0.252 e. The van der Waals surface area contributed by atoms with Crippen molar-refractivity contribution in [2.75, 3.05) is 0 Å². The van der Waals surface area contributed by atoms with E-state index in [2.05, 4.69) is 5.73 Å². The minimum Gasteiger partial charge on any atom is -0.367 e. The molecular weight excluding hydrogens is 109 g/mol. The van der Waals surface area contributed by atoms with Crippen LogP contribution >= 0.6 is 0 Å². The van der Waals surface area contributed by atoms with E-state index in [-0.39, 0.29) is 5.92 Å². The summed E-state index contributed by atoms with van der Waals surface area (Å²) in [4.78, 5) is 10.0. The lowest BCUT2D eigenvalue weighted by Crippen LogP contribution is -2.25. The van der Waals surface area contributed by atoms with Gasteiger partial charge in [-0.25, -0.2) is 4.39 Å². The predicted octanol–water partition coefficient (Wildman–Crippen LogP) is 0.220. The molecule has 1 unspecified atom stereocenters. The van der Waals surface area contributed by atoms with Gasteiger partial charge in [0.25, 0.3) is 5.91 Å². The Hall–Kier alpha value is -0.600. The maximum absolute atomic E-state index is 12.2. The Morgan fingerprint density at radius 2 is 2.25 bits per heavy atom. The van der Waals surface area contributed by atoms with Crippen LogP contribution in [0, 0.1) is 5.92 Å². The van der Waals surface area contributed by atoms with Gasteiger partial charge in [-0.1, -0.05) is 0 Å². The van der Waals surface area contributed by atoms with Gasteiger partial charge in [0, 0.05) is 0 Å². The van der Waals surface area contributed by atoms with Gasteiger partial charge in [0.2, 0.25) is 0 Å². The number of nitrogens with two attached hydrogens (primary N) is 1. The fraction of sp³-hybridized carbons (Fsp3) is 0.800. The van der Waals surface area contributed by atoms with E-state index < -0.39 is 12.1 Å². The molecule has 1 aliphatic rings. The first-order chi connectivity index (χ1) is 3.72. The van der Waals surface area contributed by atoms with Gasteiger partial charge >= 0.3 is 0 Å². The molecule has 0 aliphatic heterocycles. The van der Waals surface area contributed by atoms with Crippen molar-refractivity contribution in [3.63, 3.8) is 0 Å². The fourth-order valence-corrected chi connectivity index (χ4v) is 0.621. The molecule has 8 heavy (non-hydrogen) atoms. The Morgan fingerprint density at radius 1 is 1.75 bits per heavy atom. The molecule has 3 heteroatoms. The van der Waals surface area contributed by atoms with E-state index in [1.54, 1.807) is 0 Å². The number of alkyl halides is 1. The molecule has 2 nitrogen and oxygen atoms in total. The molecule has 46 valence electrons. The Morgan fingerprint density at radius 3 is 2.38 bits per heavy atom. The van der Waals surface area contributed by atoms with E-state index >= 15 is 0 Å². The first-order valence-corrected chi connectivity index (χ1v) is 2.65. The van der Waals surface area contributed by atoms with Crippen molar-refractivity contribution in [2.45, 2.75) is 19.0 Å². The van der Waals surface area contributed by atoms with Crippen molar-refractivity contribution >= 4 is 5.91 Å². The zero-order valence-electron chi connectivity index (χ0n) is 4.43. The zero-order valence-corrected chi connectivity index (χ0v) is 4.43. The largest absolute Gasteiger partial charge is 0.367 e. The summed E-state index contributed by atoms with van der Waals surface area (Å²) in [5, 5.41) is 0. The number of primary amides is 1. The van der Waals surface area contributed by atoms with Crippen molar-refractivity contribution in [3.05, 3.63) is 0 Å². The number of carbonyl (C=O) groups is 1. The molecule has 0 aromatic rings. The monoisotopic (exact) mass is 117 g/mol. The lowest BCUT2D eigenvalue weighted by molar-refractivity contribution is -0.123. The number of hydrogen-bond acceptors (Lipinski definition) is 1. The highest BCUT2D eigenvalue weighted by molar-refractivity contribution is 5.79. The molecular formula is C5H8FNO. The molecule has 0 bridgehead atoms. The molecule has 0 aromatic carbocycles. The normalized spacial score (nSPS) is 22.6. The second-order valence-electron chi connectivity index (χ2n) is 2.14. The van der Waals surface area contributed by atoms with E-state index in [0.29, 0.717) is 0 Å². The van der Waals surface area contributed by atoms with E-state index in [1.807, 2.05) is 0 Å². The predicted molar refractivity (Wildman–Crippen MR) is 26.8 cm³/mol. The number of rotatable bonds is 2. The number of carbonyl (C=O) groups excluding carboxylic acids is 1. The number of halogens is 1. The van der Waals surface area contributed by atoms with Crippen LogP contribution in [0.25, 0.3) is 0 Å². The van der Waals surface area contributed by atoms with Crippen LogP contribution in [0.5, 0.6) is 0 Å². The molecule has 1 aliphatic carbocycles. The number of hydrogen-bond donors (Lipinski definition) is 1. The van der Waals surface area contributed by atoms with Gasteiger partial charge in [-0.2, -0.15) is 0 Å². The molecule has 2 N–H and O–H groups in total. The van der Waals surface area contributed by atoms with Gasteiger partial charge in [0.1, 0.15) is 0 Å².